The highest BCUT2D eigenvalue weighted by atomic mass is 79.9. The van der Waals surface area contributed by atoms with Crippen LogP contribution in [0.4, 0.5) is 4.39 Å². The Hall–Kier alpha value is -0.630. The van der Waals surface area contributed by atoms with Crippen molar-refractivity contribution in [1.82, 2.24) is 0 Å². The minimum atomic E-state index is -0.178. The highest BCUT2D eigenvalue weighted by Crippen LogP contribution is 2.14. The second kappa shape index (κ2) is 4.29. The molecule has 0 nitrogen and oxygen atoms in total. The molecule has 0 spiro atoms. The minimum absolute atomic E-state index is 0.178. The third kappa shape index (κ3) is 2.46. The first-order valence-corrected chi connectivity index (χ1v) is 4.44. The molecule has 0 aliphatic heterocycles. The molecule has 0 unspecified atom stereocenters. The van der Waals surface area contributed by atoms with Crippen molar-refractivity contribution in [2.75, 3.05) is 5.33 Å². The van der Waals surface area contributed by atoms with Crippen LogP contribution < -0.4 is 0 Å². The third-order valence-electron chi connectivity index (χ3n) is 1.31. The molecule has 0 aromatic heterocycles. The molecule has 0 atom stereocenters. The van der Waals surface area contributed by atoms with E-state index in [0.29, 0.717) is 10.9 Å². The Labute approximate surface area is 73.9 Å². The smallest absolute Gasteiger partial charge is 0.127 e. The van der Waals surface area contributed by atoms with Gasteiger partial charge >= 0.3 is 0 Å². The Balaban J connectivity index is 2.85. The topological polar surface area (TPSA) is 0 Å². The zero-order chi connectivity index (χ0) is 8.10. The second-order valence-corrected chi connectivity index (χ2v) is 2.72. The lowest BCUT2D eigenvalue weighted by Gasteiger charge is -1.94. The van der Waals surface area contributed by atoms with Crippen molar-refractivity contribution >= 4 is 21.8 Å². The lowest BCUT2D eigenvalue weighted by molar-refractivity contribution is 0.759. The average Bonchev–Trinajstić information content (AvgIpc) is 2.07. The summed E-state index contributed by atoms with van der Waals surface area (Å²) < 4.78 is 13.0. The molecule has 0 saturated carbocycles. The van der Waals surface area contributed by atoms with Gasteiger partial charge in [-0.1, -0.05) is 46.3 Å². The molecule has 11 heavy (non-hydrogen) atoms. The minimum Gasteiger partial charge on any atom is -0.207 e. The summed E-state index contributed by atoms with van der Waals surface area (Å²) in [6.07, 6.45) is 1.50. The van der Waals surface area contributed by atoms with Gasteiger partial charge in [-0.3, -0.25) is 0 Å². The van der Waals surface area contributed by atoms with E-state index >= 15 is 0 Å². The molecule has 0 heterocycles. The molecule has 58 valence electrons. The van der Waals surface area contributed by atoms with Crippen LogP contribution in [0, 0.1) is 0 Å². The maximum atomic E-state index is 13.0. The molecule has 0 N–H and O–H groups in total. The van der Waals surface area contributed by atoms with Gasteiger partial charge < -0.3 is 0 Å². The van der Waals surface area contributed by atoms with Crippen LogP contribution in [0.5, 0.6) is 0 Å². The number of allylic oxidation sites excluding steroid dienone is 1. The van der Waals surface area contributed by atoms with E-state index < -0.39 is 0 Å². The molecule has 0 amide bonds. The third-order valence-corrected chi connectivity index (χ3v) is 1.63. The van der Waals surface area contributed by atoms with E-state index in [1.807, 2.05) is 18.2 Å². The molecule has 1 aromatic carbocycles. The molecule has 0 bridgehead atoms. The van der Waals surface area contributed by atoms with Crippen molar-refractivity contribution in [1.29, 1.82) is 0 Å². The van der Waals surface area contributed by atoms with Crippen molar-refractivity contribution in [3.05, 3.63) is 42.0 Å². The zero-order valence-corrected chi connectivity index (χ0v) is 7.51. The van der Waals surface area contributed by atoms with E-state index in [-0.39, 0.29) is 5.83 Å². The van der Waals surface area contributed by atoms with E-state index in [2.05, 4.69) is 15.9 Å². The van der Waals surface area contributed by atoms with Crippen molar-refractivity contribution in [2.45, 2.75) is 0 Å². The summed E-state index contributed by atoms with van der Waals surface area (Å²) in [6, 6.07) is 8.99. The number of benzene rings is 1. The predicted molar refractivity (Wildman–Crippen MR) is 49.3 cm³/mol. The van der Waals surface area contributed by atoms with Crippen LogP contribution in [-0.2, 0) is 0 Å². The average molecular weight is 215 g/mol. The molecular formula is C9H8BrF. The highest BCUT2D eigenvalue weighted by molar-refractivity contribution is 9.09. The van der Waals surface area contributed by atoms with Crippen LogP contribution in [0.1, 0.15) is 5.56 Å². The summed E-state index contributed by atoms with van der Waals surface area (Å²) in [4.78, 5) is 0. The normalized spacial score (nSPS) is 11.6. The number of halogens is 2. The van der Waals surface area contributed by atoms with Gasteiger partial charge in [-0.2, -0.15) is 0 Å². The standard InChI is InChI=1S/C9H8BrF/c10-7-6-9(11)8-4-2-1-3-5-8/h1-6H,7H2/b9-6-. The number of hydrogen-bond donors (Lipinski definition) is 0. The largest absolute Gasteiger partial charge is 0.207 e. The van der Waals surface area contributed by atoms with Crippen molar-refractivity contribution in [3.63, 3.8) is 0 Å². The molecule has 0 fully saturated rings. The number of hydrogen-bond acceptors (Lipinski definition) is 0. The Morgan fingerprint density at radius 1 is 1.36 bits per heavy atom. The van der Waals surface area contributed by atoms with Crippen LogP contribution in [0.2, 0.25) is 0 Å². The Bertz CT molecular complexity index is 241. The molecule has 1 aromatic rings. The predicted octanol–water partition coefficient (Wildman–Crippen LogP) is 3.39. The summed E-state index contributed by atoms with van der Waals surface area (Å²) in [5.74, 6) is -0.178. The maximum Gasteiger partial charge on any atom is 0.127 e. The van der Waals surface area contributed by atoms with Gasteiger partial charge in [0.05, 0.1) is 0 Å². The lowest BCUT2D eigenvalue weighted by atomic mass is 10.2. The molecule has 1 rings (SSSR count). The Morgan fingerprint density at radius 3 is 2.55 bits per heavy atom. The van der Waals surface area contributed by atoms with E-state index in [9.17, 15) is 4.39 Å². The molecule has 0 radical (unpaired) electrons. The highest BCUT2D eigenvalue weighted by Gasteiger charge is 1.95. The second-order valence-electron chi connectivity index (χ2n) is 2.07. The van der Waals surface area contributed by atoms with Gasteiger partial charge in [0.1, 0.15) is 5.83 Å². The fraction of sp³-hybridized carbons (Fsp3) is 0.111. The van der Waals surface area contributed by atoms with Gasteiger partial charge in [0, 0.05) is 10.9 Å². The molecule has 2 heteroatoms. The summed E-state index contributed by atoms with van der Waals surface area (Å²) in [7, 11) is 0. The summed E-state index contributed by atoms with van der Waals surface area (Å²) >= 11 is 3.13. The summed E-state index contributed by atoms with van der Waals surface area (Å²) in [5, 5.41) is 0.549. The number of alkyl halides is 1. The van der Waals surface area contributed by atoms with Crippen LogP contribution in [0.25, 0.3) is 5.83 Å². The van der Waals surface area contributed by atoms with Gasteiger partial charge in [-0.25, -0.2) is 4.39 Å². The number of rotatable bonds is 2. The quantitative estimate of drug-likeness (QED) is 0.663. The van der Waals surface area contributed by atoms with Crippen molar-refractivity contribution in [2.24, 2.45) is 0 Å². The van der Waals surface area contributed by atoms with Gasteiger partial charge in [-0.15, -0.1) is 0 Å². The van der Waals surface area contributed by atoms with E-state index in [1.54, 1.807) is 12.1 Å². The van der Waals surface area contributed by atoms with Gasteiger partial charge in [0.15, 0.2) is 0 Å². The monoisotopic (exact) mass is 214 g/mol. The van der Waals surface area contributed by atoms with Crippen LogP contribution in [0.15, 0.2) is 36.4 Å². The molecule has 0 aliphatic carbocycles. The first-order valence-electron chi connectivity index (χ1n) is 3.31. The van der Waals surface area contributed by atoms with E-state index in [0.717, 1.165) is 0 Å². The molecule has 0 aliphatic rings. The zero-order valence-electron chi connectivity index (χ0n) is 5.93. The van der Waals surface area contributed by atoms with Gasteiger partial charge in [0.2, 0.25) is 0 Å². The van der Waals surface area contributed by atoms with Gasteiger partial charge in [-0.05, 0) is 6.08 Å². The van der Waals surface area contributed by atoms with Crippen molar-refractivity contribution < 1.29 is 4.39 Å². The maximum absolute atomic E-state index is 13.0. The fourth-order valence-electron chi connectivity index (χ4n) is 0.783. The Morgan fingerprint density at radius 2 is 2.00 bits per heavy atom. The lowest BCUT2D eigenvalue weighted by Crippen LogP contribution is -1.76. The van der Waals surface area contributed by atoms with Crippen LogP contribution >= 0.6 is 15.9 Å². The fourth-order valence-corrected chi connectivity index (χ4v) is 1.07. The van der Waals surface area contributed by atoms with E-state index in [4.69, 9.17) is 0 Å². The first kappa shape index (κ1) is 8.47. The van der Waals surface area contributed by atoms with Crippen molar-refractivity contribution in [3.8, 4) is 0 Å². The summed E-state index contributed by atoms with van der Waals surface area (Å²) in [5.41, 5.74) is 0.631. The molecule has 0 saturated heterocycles. The SMILES string of the molecule is F/C(=C\CBr)c1ccccc1. The van der Waals surface area contributed by atoms with Crippen LogP contribution in [-0.4, -0.2) is 5.33 Å². The first-order chi connectivity index (χ1) is 5.34. The summed E-state index contributed by atoms with van der Waals surface area (Å²) in [6.45, 7) is 0. The van der Waals surface area contributed by atoms with E-state index in [1.165, 1.54) is 6.08 Å². The molecular weight excluding hydrogens is 207 g/mol. The Kier molecular flexibility index (Phi) is 3.30. The van der Waals surface area contributed by atoms with Gasteiger partial charge in [0.25, 0.3) is 0 Å². The van der Waals surface area contributed by atoms with Crippen LogP contribution in [0.3, 0.4) is 0 Å².